The van der Waals surface area contributed by atoms with Crippen LogP contribution in [0, 0.1) is 5.92 Å². The summed E-state index contributed by atoms with van der Waals surface area (Å²) in [5.41, 5.74) is 0.595. The molecule has 1 aromatic carbocycles. The van der Waals surface area contributed by atoms with E-state index in [0.29, 0.717) is 30.9 Å². The summed E-state index contributed by atoms with van der Waals surface area (Å²) in [5, 5.41) is 10.2. The zero-order valence-electron chi connectivity index (χ0n) is 15.3. The first-order valence-corrected chi connectivity index (χ1v) is 8.80. The van der Waals surface area contributed by atoms with E-state index < -0.39 is 6.10 Å². The smallest absolute Gasteiger partial charge is 0.225 e. The first-order chi connectivity index (χ1) is 11.9. The SMILES string of the molecule is CC(=O)c1cccc(OC[C@H](O)CN2CCN(C(=O)C(C)C)CC2)c1. The van der Waals surface area contributed by atoms with E-state index in [1.165, 1.54) is 6.92 Å². The quantitative estimate of drug-likeness (QED) is 0.755. The van der Waals surface area contributed by atoms with E-state index in [1.54, 1.807) is 24.3 Å². The van der Waals surface area contributed by atoms with E-state index in [2.05, 4.69) is 4.90 Å². The number of Topliss-reactive ketones (excluding diaryl/α,β-unsaturated/α-hetero) is 1. The van der Waals surface area contributed by atoms with Gasteiger partial charge in [-0.2, -0.15) is 0 Å². The van der Waals surface area contributed by atoms with Gasteiger partial charge in [0, 0.05) is 44.2 Å². The van der Waals surface area contributed by atoms with Gasteiger partial charge >= 0.3 is 0 Å². The van der Waals surface area contributed by atoms with Crippen molar-refractivity contribution in [3.63, 3.8) is 0 Å². The summed E-state index contributed by atoms with van der Waals surface area (Å²) < 4.78 is 5.60. The van der Waals surface area contributed by atoms with Crippen LogP contribution in [0.2, 0.25) is 0 Å². The Bertz CT molecular complexity index is 595. The summed E-state index contributed by atoms with van der Waals surface area (Å²) in [6.07, 6.45) is -0.617. The number of piperazine rings is 1. The minimum absolute atomic E-state index is 0.0141. The second kappa shape index (κ2) is 8.97. The van der Waals surface area contributed by atoms with Crippen LogP contribution in [0.15, 0.2) is 24.3 Å². The van der Waals surface area contributed by atoms with Crippen LogP contribution in [0.5, 0.6) is 5.75 Å². The normalized spacial score (nSPS) is 16.8. The van der Waals surface area contributed by atoms with Gasteiger partial charge < -0.3 is 14.7 Å². The Morgan fingerprint density at radius 1 is 1.20 bits per heavy atom. The Kier molecular flexibility index (Phi) is 6.96. The average molecular weight is 348 g/mol. The van der Waals surface area contributed by atoms with Crippen molar-refractivity contribution in [2.24, 2.45) is 5.92 Å². The number of amides is 1. The van der Waals surface area contributed by atoms with Gasteiger partial charge in [-0.3, -0.25) is 14.5 Å². The predicted octanol–water partition coefficient (Wildman–Crippen LogP) is 1.43. The van der Waals surface area contributed by atoms with Gasteiger partial charge in [0.05, 0.1) is 0 Å². The molecule has 1 heterocycles. The second-order valence-electron chi connectivity index (χ2n) is 6.83. The number of nitrogens with zero attached hydrogens (tertiary/aromatic N) is 2. The Morgan fingerprint density at radius 3 is 2.48 bits per heavy atom. The van der Waals surface area contributed by atoms with Crippen molar-refractivity contribution >= 4 is 11.7 Å². The molecule has 0 saturated carbocycles. The molecule has 1 N–H and O–H groups in total. The second-order valence-corrected chi connectivity index (χ2v) is 6.83. The molecule has 0 unspecified atom stereocenters. The highest BCUT2D eigenvalue weighted by Crippen LogP contribution is 2.14. The van der Waals surface area contributed by atoms with Crippen LogP contribution >= 0.6 is 0 Å². The van der Waals surface area contributed by atoms with Crippen molar-refractivity contribution in [1.82, 2.24) is 9.80 Å². The lowest BCUT2D eigenvalue weighted by atomic mass is 10.1. The first kappa shape index (κ1) is 19.4. The van der Waals surface area contributed by atoms with Gasteiger partial charge in [0.15, 0.2) is 5.78 Å². The standard InChI is InChI=1S/C19H28N2O4/c1-14(2)19(24)21-9-7-20(8-10-21)12-17(23)13-25-18-6-4-5-16(11-18)15(3)22/h4-6,11,14,17,23H,7-10,12-13H2,1-3H3/t17-/m1/s1. The minimum Gasteiger partial charge on any atom is -0.491 e. The molecule has 0 bridgehead atoms. The maximum atomic E-state index is 12.0. The van der Waals surface area contributed by atoms with Gasteiger partial charge in [-0.25, -0.2) is 0 Å². The molecule has 1 aliphatic rings. The Labute approximate surface area is 149 Å². The summed E-state index contributed by atoms with van der Waals surface area (Å²) in [4.78, 5) is 27.4. The Balaban J connectivity index is 1.74. The molecule has 0 aromatic heterocycles. The molecule has 1 aromatic rings. The number of benzene rings is 1. The van der Waals surface area contributed by atoms with Gasteiger partial charge in [0.2, 0.25) is 5.91 Å². The summed E-state index contributed by atoms with van der Waals surface area (Å²) in [7, 11) is 0. The largest absolute Gasteiger partial charge is 0.491 e. The van der Waals surface area contributed by atoms with E-state index in [0.717, 1.165) is 13.1 Å². The number of β-amino-alcohol motifs (C(OH)–C–C–N with tert-alkyl or cyclic N) is 1. The Morgan fingerprint density at radius 2 is 1.88 bits per heavy atom. The maximum Gasteiger partial charge on any atom is 0.225 e. The molecule has 1 amide bonds. The van der Waals surface area contributed by atoms with Crippen LogP contribution in [0.3, 0.4) is 0 Å². The number of ether oxygens (including phenoxy) is 1. The maximum absolute atomic E-state index is 12.0. The lowest BCUT2D eigenvalue weighted by molar-refractivity contribution is -0.136. The fraction of sp³-hybridized carbons (Fsp3) is 0.579. The molecule has 1 aliphatic heterocycles. The topological polar surface area (TPSA) is 70.1 Å². The summed E-state index contributed by atoms with van der Waals surface area (Å²) >= 11 is 0. The van der Waals surface area contributed by atoms with Crippen molar-refractivity contribution in [3.05, 3.63) is 29.8 Å². The summed E-state index contributed by atoms with van der Waals surface area (Å²) in [6, 6.07) is 6.97. The van der Waals surface area contributed by atoms with E-state index in [1.807, 2.05) is 18.7 Å². The van der Waals surface area contributed by atoms with Crippen LogP contribution < -0.4 is 4.74 Å². The van der Waals surface area contributed by atoms with Crippen LogP contribution in [0.25, 0.3) is 0 Å². The molecule has 1 saturated heterocycles. The van der Waals surface area contributed by atoms with Crippen LogP contribution in [0.1, 0.15) is 31.1 Å². The number of aliphatic hydroxyl groups excluding tert-OH is 1. The molecule has 6 nitrogen and oxygen atoms in total. The minimum atomic E-state index is -0.617. The molecule has 6 heteroatoms. The van der Waals surface area contributed by atoms with Gasteiger partial charge in [-0.1, -0.05) is 26.0 Å². The average Bonchev–Trinajstić information content (AvgIpc) is 2.60. The van der Waals surface area contributed by atoms with Crippen LogP contribution in [-0.4, -0.2) is 72.0 Å². The predicted molar refractivity (Wildman–Crippen MR) is 95.8 cm³/mol. The van der Waals surface area contributed by atoms with Gasteiger partial charge in [0.25, 0.3) is 0 Å². The fourth-order valence-corrected chi connectivity index (χ4v) is 2.86. The van der Waals surface area contributed by atoms with Gasteiger partial charge in [-0.15, -0.1) is 0 Å². The zero-order valence-corrected chi connectivity index (χ0v) is 15.3. The number of rotatable bonds is 7. The van der Waals surface area contributed by atoms with E-state index >= 15 is 0 Å². The number of aliphatic hydroxyl groups is 1. The van der Waals surface area contributed by atoms with Crippen molar-refractivity contribution in [1.29, 1.82) is 0 Å². The van der Waals surface area contributed by atoms with E-state index in [9.17, 15) is 14.7 Å². The number of carbonyl (C=O) groups is 2. The third kappa shape index (κ3) is 5.83. The van der Waals surface area contributed by atoms with Crippen LogP contribution in [0.4, 0.5) is 0 Å². The molecule has 1 fully saturated rings. The van der Waals surface area contributed by atoms with Crippen molar-refractivity contribution in [3.8, 4) is 5.75 Å². The molecule has 138 valence electrons. The highest BCUT2D eigenvalue weighted by Gasteiger charge is 2.24. The van der Waals surface area contributed by atoms with Crippen molar-refractivity contribution < 1.29 is 19.4 Å². The van der Waals surface area contributed by atoms with Gasteiger partial charge in [-0.05, 0) is 19.1 Å². The molecule has 2 rings (SSSR count). The molecular weight excluding hydrogens is 320 g/mol. The number of hydrogen-bond donors (Lipinski definition) is 1. The fourth-order valence-electron chi connectivity index (χ4n) is 2.86. The monoisotopic (exact) mass is 348 g/mol. The third-order valence-electron chi connectivity index (χ3n) is 4.33. The summed E-state index contributed by atoms with van der Waals surface area (Å²) in [5.74, 6) is 0.782. The van der Waals surface area contributed by atoms with E-state index in [4.69, 9.17) is 4.74 Å². The number of hydrogen-bond acceptors (Lipinski definition) is 5. The molecule has 25 heavy (non-hydrogen) atoms. The number of ketones is 1. The van der Waals surface area contributed by atoms with E-state index in [-0.39, 0.29) is 24.2 Å². The molecule has 0 aliphatic carbocycles. The molecular formula is C19H28N2O4. The first-order valence-electron chi connectivity index (χ1n) is 8.80. The molecule has 0 radical (unpaired) electrons. The highest BCUT2D eigenvalue weighted by molar-refractivity contribution is 5.94. The summed E-state index contributed by atoms with van der Waals surface area (Å²) in [6.45, 7) is 8.94. The molecule has 0 spiro atoms. The van der Waals surface area contributed by atoms with Crippen LogP contribution in [-0.2, 0) is 4.79 Å². The molecule has 1 atom stereocenters. The van der Waals surface area contributed by atoms with Crippen molar-refractivity contribution in [2.45, 2.75) is 26.9 Å². The van der Waals surface area contributed by atoms with Crippen molar-refractivity contribution in [2.75, 3.05) is 39.3 Å². The number of carbonyl (C=O) groups excluding carboxylic acids is 2. The lowest BCUT2D eigenvalue weighted by Crippen LogP contribution is -2.51. The lowest BCUT2D eigenvalue weighted by Gasteiger charge is -2.36. The van der Waals surface area contributed by atoms with Gasteiger partial charge in [0.1, 0.15) is 18.5 Å². The third-order valence-corrected chi connectivity index (χ3v) is 4.33. The zero-order chi connectivity index (χ0) is 18.4. The highest BCUT2D eigenvalue weighted by atomic mass is 16.5. The Hall–Kier alpha value is -1.92.